The molecule has 0 saturated heterocycles. The van der Waals surface area contributed by atoms with Crippen LogP contribution in [0.2, 0.25) is 0 Å². The molecular formula is C14H11NS3. The molecule has 0 radical (unpaired) electrons. The van der Waals surface area contributed by atoms with Crippen LogP contribution in [0, 0.1) is 0 Å². The molecule has 1 nitrogen and oxygen atoms in total. The molecule has 0 saturated carbocycles. The Kier molecular flexibility index (Phi) is 3.50. The summed E-state index contributed by atoms with van der Waals surface area (Å²) in [5.74, 6) is 0. The molecule has 0 aliphatic carbocycles. The summed E-state index contributed by atoms with van der Waals surface area (Å²) in [6, 6.07) is 12.5. The van der Waals surface area contributed by atoms with Gasteiger partial charge in [0.05, 0.1) is 5.25 Å². The molecular weight excluding hydrogens is 278 g/mol. The standard InChI is InChI=1S/C14H11NS3/c16-14-15-12(10-4-2-1-3-5-10)8-13(18-14)11-6-7-17-9-11/h1-9,13H,(H,15,16). The van der Waals surface area contributed by atoms with Gasteiger partial charge in [-0.15, -0.1) is 0 Å². The maximum Gasteiger partial charge on any atom is 0.139 e. The van der Waals surface area contributed by atoms with Crippen LogP contribution in [0.4, 0.5) is 0 Å². The van der Waals surface area contributed by atoms with Crippen molar-refractivity contribution in [2.24, 2.45) is 0 Å². The van der Waals surface area contributed by atoms with E-state index in [1.54, 1.807) is 23.1 Å². The van der Waals surface area contributed by atoms with E-state index in [1.165, 1.54) is 11.1 Å². The van der Waals surface area contributed by atoms with E-state index in [0.29, 0.717) is 5.25 Å². The Morgan fingerprint density at radius 1 is 1.11 bits per heavy atom. The van der Waals surface area contributed by atoms with Gasteiger partial charge in [-0.3, -0.25) is 0 Å². The van der Waals surface area contributed by atoms with E-state index < -0.39 is 0 Å². The quantitative estimate of drug-likeness (QED) is 0.820. The van der Waals surface area contributed by atoms with E-state index in [4.69, 9.17) is 12.2 Å². The third-order valence-corrected chi connectivity index (χ3v) is 4.82. The largest absolute Gasteiger partial charge is 0.341 e. The average Bonchev–Trinajstić information content (AvgIpc) is 2.93. The molecule has 4 heteroatoms. The van der Waals surface area contributed by atoms with Crippen LogP contribution in [-0.2, 0) is 0 Å². The van der Waals surface area contributed by atoms with Crippen molar-refractivity contribution < 1.29 is 0 Å². The summed E-state index contributed by atoms with van der Waals surface area (Å²) in [4.78, 5) is 0. The van der Waals surface area contributed by atoms with Gasteiger partial charge in [-0.2, -0.15) is 11.3 Å². The lowest BCUT2D eigenvalue weighted by atomic mass is 10.1. The summed E-state index contributed by atoms with van der Waals surface area (Å²) in [7, 11) is 0. The molecule has 1 atom stereocenters. The van der Waals surface area contributed by atoms with Gasteiger partial charge in [0.2, 0.25) is 0 Å². The summed E-state index contributed by atoms with van der Waals surface area (Å²) >= 11 is 8.77. The molecule has 90 valence electrons. The van der Waals surface area contributed by atoms with Crippen LogP contribution in [0.5, 0.6) is 0 Å². The van der Waals surface area contributed by atoms with Crippen molar-refractivity contribution in [2.75, 3.05) is 0 Å². The van der Waals surface area contributed by atoms with E-state index in [9.17, 15) is 0 Å². The van der Waals surface area contributed by atoms with Crippen molar-refractivity contribution in [2.45, 2.75) is 5.25 Å². The molecule has 2 aromatic rings. The summed E-state index contributed by atoms with van der Waals surface area (Å²) < 4.78 is 0.840. The Morgan fingerprint density at radius 2 is 1.94 bits per heavy atom. The summed E-state index contributed by atoms with van der Waals surface area (Å²) in [5.41, 5.74) is 3.61. The minimum Gasteiger partial charge on any atom is -0.341 e. The Balaban J connectivity index is 1.97. The van der Waals surface area contributed by atoms with Crippen LogP contribution in [0.1, 0.15) is 16.4 Å². The zero-order valence-corrected chi connectivity index (χ0v) is 11.9. The normalized spacial score (nSPS) is 19.2. The fraction of sp³-hybridized carbons (Fsp3) is 0.0714. The minimum absolute atomic E-state index is 0.320. The third-order valence-electron chi connectivity index (χ3n) is 2.75. The van der Waals surface area contributed by atoms with Gasteiger partial charge in [0.25, 0.3) is 0 Å². The van der Waals surface area contributed by atoms with Crippen LogP contribution < -0.4 is 5.32 Å². The van der Waals surface area contributed by atoms with Gasteiger partial charge in [0, 0.05) is 5.70 Å². The predicted octanol–water partition coefficient (Wildman–Crippen LogP) is 4.45. The molecule has 1 aromatic heterocycles. The second kappa shape index (κ2) is 5.26. The first kappa shape index (κ1) is 12.0. The minimum atomic E-state index is 0.320. The zero-order chi connectivity index (χ0) is 12.4. The van der Waals surface area contributed by atoms with Gasteiger partial charge in [0.1, 0.15) is 4.32 Å². The van der Waals surface area contributed by atoms with Crippen molar-refractivity contribution in [3.05, 3.63) is 64.4 Å². The number of hydrogen-bond acceptors (Lipinski definition) is 3. The predicted molar refractivity (Wildman–Crippen MR) is 84.8 cm³/mol. The number of benzene rings is 1. The highest BCUT2D eigenvalue weighted by Gasteiger charge is 2.20. The Hall–Kier alpha value is -1.10. The van der Waals surface area contributed by atoms with E-state index in [-0.39, 0.29) is 0 Å². The molecule has 1 aromatic carbocycles. The van der Waals surface area contributed by atoms with Crippen molar-refractivity contribution in [1.29, 1.82) is 0 Å². The Morgan fingerprint density at radius 3 is 2.67 bits per heavy atom. The number of thiocarbonyl (C=S) groups is 1. The molecule has 1 aliphatic rings. The lowest BCUT2D eigenvalue weighted by molar-refractivity contribution is 1.20. The molecule has 1 unspecified atom stereocenters. The third kappa shape index (κ3) is 2.51. The van der Waals surface area contributed by atoms with Crippen molar-refractivity contribution in [1.82, 2.24) is 5.32 Å². The summed E-state index contributed by atoms with van der Waals surface area (Å²) in [6.07, 6.45) is 2.25. The van der Waals surface area contributed by atoms with Crippen LogP contribution >= 0.6 is 35.3 Å². The van der Waals surface area contributed by atoms with Crippen molar-refractivity contribution >= 4 is 45.3 Å². The molecule has 0 bridgehead atoms. The van der Waals surface area contributed by atoms with Gasteiger partial charge in [-0.05, 0) is 34.0 Å². The van der Waals surface area contributed by atoms with Gasteiger partial charge < -0.3 is 5.32 Å². The number of nitrogens with one attached hydrogen (secondary N) is 1. The van der Waals surface area contributed by atoms with E-state index in [2.05, 4.69) is 40.4 Å². The Bertz CT molecular complexity index is 572. The van der Waals surface area contributed by atoms with Gasteiger partial charge in [-0.25, -0.2) is 0 Å². The SMILES string of the molecule is S=C1NC(c2ccccc2)=CC(c2ccsc2)S1. The Labute approximate surface area is 120 Å². The first-order chi connectivity index (χ1) is 8.83. The molecule has 0 spiro atoms. The van der Waals surface area contributed by atoms with E-state index >= 15 is 0 Å². The van der Waals surface area contributed by atoms with Crippen LogP contribution in [0.3, 0.4) is 0 Å². The molecule has 18 heavy (non-hydrogen) atoms. The second-order valence-electron chi connectivity index (χ2n) is 3.95. The molecule has 0 amide bonds. The smallest absolute Gasteiger partial charge is 0.139 e. The molecule has 0 fully saturated rings. The summed E-state index contributed by atoms with van der Waals surface area (Å²) in [5, 5.41) is 7.90. The highest BCUT2D eigenvalue weighted by atomic mass is 32.2. The number of thioether (sulfide) groups is 1. The first-order valence-electron chi connectivity index (χ1n) is 5.60. The highest BCUT2D eigenvalue weighted by Crippen LogP contribution is 2.37. The van der Waals surface area contributed by atoms with Crippen molar-refractivity contribution in [3.8, 4) is 0 Å². The second-order valence-corrected chi connectivity index (χ2v) is 6.55. The highest BCUT2D eigenvalue weighted by molar-refractivity contribution is 8.23. The monoisotopic (exact) mass is 289 g/mol. The van der Waals surface area contributed by atoms with Gasteiger partial charge in [0.15, 0.2) is 0 Å². The molecule has 1 aliphatic heterocycles. The lowest BCUT2D eigenvalue weighted by Gasteiger charge is -2.22. The van der Waals surface area contributed by atoms with Crippen LogP contribution in [0.25, 0.3) is 5.70 Å². The molecule has 3 rings (SSSR count). The van der Waals surface area contributed by atoms with E-state index in [1.807, 2.05) is 18.2 Å². The van der Waals surface area contributed by atoms with Crippen LogP contribution in [-0.4, -0.2) is 4.32 Å². The first-order valence-corrected chi connectivity index (χ1v) is 7.83. The maximum absolute atomic E-state index is 5.35. The van der Waals surface area contributed by atoms with Crippen molar-refractivity contribution in [3.63, 3.8) is 0 Å². The van der Waals surface area contributed by atoms with Gasteiger partial charge in [-0.1, -0.05) is 54.3 Å². The number of hydrogen-bond donors (Lipinski definition) is 1. The lowest BCUT2D eigenvalue weighted by Crippen LogP contribution is -2.22. The van der Waals surface area contributed by atoms with Crippen LogP contribution in [0.15, 0.2) is 53.2 Å². The number of thiophene rings is 1. The van der Waals surface area contributed by atoms with E-state index in [0.717, 1.165) is 10.0 Å². The molecule has 1 N–H and O–H groups in total. The fourth-order valence-corrected chi connectivity index (χ4v) is 3.96. The van der Waals surface area contributed by atoms with Gasteiger partial charge >= 0.3 is 0 Å². The average molecular weight is 289 g/mol. The topological polar surface area (TPSA) is 12.0 Å². The number of rotatable bonds is 2. The maximum atomic E-state index is 5.35. The fourth-order valence-electron chi connectivity index (χ4n) is 1.87. The summed E-state index contributed by atoms with van der Waals surface area (Å²) in [6.45, 7) is 0. The zero-order valence-electron chi connectivity index (χ0n) is 9.50. The molecule has 2 heterocycles.